The molecule has 0 aliphatic rings. The number of carbonyl (C=O) groups is 1. The Hall–Kier alpha value is -3.79. The highest BCUT2D eigenvalue weighted by Gasteiger charge is 2.26. The molecule has 4 rings (SSSR count). The number of fused-ring (bicyclic) bond motifs is 1. The van der Waals surface area contributed by atoms with Gasteiger partial charge in [0, 0.05) is 17.1 Å². The second kappa shape index (κ2) is 8.04. The maximum absolute atomic E-state index is 15.2. The predicted molar refractivity (Wildman–Crippen MR) is 114 cm³/mol. The molecule has 0 unspecified atom stereocenters. The van der Waals surface area contributed by atoms with E-state index in [9.17, 15) is 17.6 Å². The molecule has 0 atom stereocenters. The van der Waals surface area contributed by atoms with Gasteiger partial charge in [-0.05, 0) is 42.8 Å². The van der Waals surface area contributed by atoms with Crippen LogP contribution in [-0.2, 0) is 10.0 Å². The molecule has 0 spiro atoms. The van der Waals surface area contributed by atoms with Crippen LogP contribution in [0.1, 0.15) is 21.5 Å². The Bertz CT molecular complexity index is 1470. The lowest BCUT2D eigenvalue weighted by molar-refractivity contribution is 0.103. The van der Waals surface area contributed by atoms with Crippen LogP contribution in [0, 0.1) is 18.6 Å². The number of aromatic amines is 1. The van der Waals surface area contributed by atoms with Crippen LogP contribution in [-0.4, -0.2) is 31.3 Å². The summed E-state index contributed by atoms with van der Waals surface area (Å²) in [5, 5.41) is 0.305. The second-order valence-corrected chi connectivity index (χ2v) is 8.69. The molecule has 2 N–H and O–H groups in total. The van der Waals surface area contributed by atoms with Crippen molar-refractivity contribution in [2.45, 2.75) is 11.8 Å². The van der Waals surface area contributed by atoms with E-state index in [1.165, 1.54) is 37.7 Å². The van der Waals surface area contributed by atoms with Crippen molar-refractivity contribution >= 4 is 32.5 Å². The van der Waals surface area contributed by atoms with Crippen LogP contribution in [0.4, 0.5) is 14.5 Å². The quantitative estimate of drug-likeness (QED) is 0.423. The predicted octanol–water partition coefficient (Wildman–Crippen LogP) is 4.19. The molecular formula is C22H17F2N3O4S. The molecule has 0 radical (unpaired) electrons. The lowest BCUT2D eigenvalue weighted by Crippen LogP contribution is -2.16. The Morgan fingerprint density at radius 3 is 2.66 bits per heavy atom. The topological polar surface area (TPSA) is 101 Å². The monoisotopic (exact) mass is 457 g/mol. The average Bonchev–Trinajstić information content (AvgIpc) is 3.19. The highest BCUT2D eigenvalue weighted by Crippen LogP contribution is 2.29. The van der Waals surface area contributed by atoms with Crippen LogP contribution in [0.15, 0.2) is 59.8 Å². The third-order valence-electron chi connectivity index (χ3n) is 4.85. The summed E-state index contributed by atoms with van der Waals surface area (Å²) in [4.78, 5) is 19.8. The number of halogens is 2. The Balaban J connectivity index is 1.77. The average molecular weight is 457 g/mol. The molecule has 0 saturated carbocycles. The van der Waals surface area contributed by atoms with E-state index in [1.54, 1.807) is 19.1 Å². The summed E-state index contributed by atoms with van der Waals surface area (Å²) in [7, 11) is -2.75. The number of sulfonamides is 1. The van der Waals surface area contributed by atoms with Crippen molar-refractivity contribution < 1.29 is 26.7 Å². The van der Waals surface area contributed by atoms with Gasteiger partial charge in [-0.15, -0.1) is 0 Å². The number of carbonyl (C=O) groups excluding carboxylic acids is 1. The first kappa shape index (κ1) is 21.4. The summed E-state index contributed by atoms with van der Waals surface area (Å²) in [6.07, 6.45) is 2.71. The molecule has 2 aromatic carbocycles. The van der Waals surface area contributed by atoms with Gasteiger partial charge in [0.25, 0.3) is 10.0 Å². The third-order valence-corrected chi connectivity index (χ3v) is 6.21. The number of hydrogen-bond donors (Lipinski definition) is 2. The fraction of sp³-hybridized carbons (Fsp3) is 0.0909. The van der Waals surface area contributed by atoms with E-state index in [0.717, 1.165) is 12.1 Å². The van der Waals surface area contributed by atoms with Crippen LogP contribution >= 0.6 is 0 Å². The number of H-pyrrole nitrogens is 1. The van der Waals surface area contributed by atoms with Gasteiger partial charge in [-0.2, -0.15) is 0 Å². The van der Waals surface area contributed by atoms with Crippen LogP contribution in [0.5, 0.6) is 5.75 Å². The van der Waals surface area contributed by atoms with Gasteiger partial charge >= 0.3 is 0 Å². The summed E-state index contributed by atoms with van der Waals surface area (Å²) >= 11 is 0. The Kier molecular flexibility index (Phi) is 5.39. The van der Waals surface area contributed by atoms with E-state index in [0.29, 0.717) is 22.3 Å². The molecule has 7 nitrogen and oxygen atoms in total. The van der Waals surface area contributed by atoms with Crippen LogP contribution in [0.25, 0.3) is 11.0 Å². The smallest absolute Gasteiger partial charge is 0.261 e. The number of pyridine rings is 1. The molecule has 10 heteroatoms. The largest absolute Gasteiger partial charge is 0.495 e. The van der Waals surface area contributed by atoms with Gasteiger partial charge in [0.1, 0.15) is 17.2 Å². The minimum absolute atomic E-state index is 0.0390. The molecule has 0 amide bonds. The van der Waals surface area contributed by atoms with Crippen molar-refractivity contribution in [3.8, 4) is 5.75 Å². The molecule has 0 aliphatic carbocycles. The first-order valence-electron chi connectivity index (χ1n) is 9.34. The maximum atomic E-state index is 15.2. The standard InChI is InChI=1S/C22H17F2N3O4S/c1-12-4-3-5-14(8-12)32(29,30)27-18-7-6-17(23)19(20(18)24)21(28)16-11-26-22-15(16)9-13(31-2)10-25-22/h3-11,27H,1-2H3,(H,25,26). The number of hydrogen-bond acceptors (Lipinski definition) is 5. The Morgan fingerprint density at radius 2 is 1.94 bits per heavy atom. The zero-order chi connectivity index (χ0) is 23.0. The zero-order valence-electron chi connectivity index (χ0n) is 16.9. The molecule has 4 aromatic rings. The van der Waals surface area contributed by atoms with Crippen molar-refractivity contribution in [3.63, 3.8) is 0 Å². The third kappa shape index (κ3) is 3.80. The lowest BCUT2D eigenvalue weighted by atomic mass is 10.0. The number of aryl methyl sites for hydroxylation is 1. The van der Waals surface area contributed by atoms with E-state index in [2.05, 4.69) is 14.7 Å². The molecule has 2 heterocycles. The fourth-order valence-electron chi connectivity index (χ4n) is 3.24. The SMILES string of the molecule is COc1cnc2[nH]cc(C(=O)c3c(F)ccc(NS(=O)(=O)c4cccc(C)c4)c3F)c2c1. The van der Waals surface area contributed by atoms with Gasteiger partial charge < -0.3 is 9.72 Å². The van der Waals surface area contributed by atoms with E-state index >= 15 is 4.39 Å². The molecule has 2 aromatic heterocycles. The maximum Gasteiger partial charge on any atom is 0.261 e. The first-order chi connectivity index (χ1) is 15.2. The number of nitrogens with zero attached hydrogens (tertiary/aromatic N) is 1. The summed E-state index contributed by atoms with van der Waals surface area (Å²) in [5.74, 6) is -3.07. The Morgan fingerprint density at radius 1 is 1.16 bits per heavy atom. The first-order valence-corrected chi connectivity index (χ1v) is 10.8. The normalized spacial score (nSPS) is 11.5. The van der Waals surface area contributed by atoms with Gasteiger partial charge in [-0.25, -0.2) is 22.2 Å². The number of ether oxygens (including phenoxy) is 1. The van der Waals surface area contributed by atoms with E-state index in [4.69, 9.17) is 4.74 Å². The molecule has 164 valence electrons. The van der Waals surface area contributed by atoms with Crippen LogP contribution in [0.3, 0.4) is 0 Å². The highest BCUT2D eigenvalue weighted by atomic mass is 32.2. The summed E-state index contributed by atoms with van der Waals surface area (Å²) in [6.45, 7) is 1.71. The van der Waals surface area contributed by atoms with Gasteiger partial charge in [0.15, 0.2) is 5.82 Å². The number of anilines is 1. The van der Waals surface area contributed by atoms with Gasteiger partial charge in [0.05, 0.1) is 29.5 Å². The molecule has 0 saturated heterocycles. The van der Waals surface area contributed by atoms with E-state index < -0.39 is 38.7 Å². The lowest BCUT2D eigenvalue weighted by Gasteiger charge is -2.12. The van der Waals surface area contributed by atoms with Crippen molar-refractivity contribution in [2.75, 3.05) is 11.8 Å². The number of aromatic nitrogens is 2. The number of methoxy groups -OCH3 is 1. The second-order valence-electron chi connectivity index (χ2n) is 7.01. The minimum Gasteiger partial charge on any atom is -0.495 e. The summed E-state index contributed by atoms with van der Waals surface area (Å²) < 4.78 is 62.3. The summed E-state index contributed by atoms with van der Waals surface area (Å²) in [6, 6.07) is 9.26. The van der Waals surface area contributed by atoms with Crippen molar-refractivity contribution in [1.29, 1.82) is 0 Å². The van der Waals surface area contributed by atoms with Gasteiger partial charge in [-0.3, -0.25) is 9.52 Å². The van der Waals surface area contributed by atoms with Crippen molar-refractivity contribution in [2.24, 2.45) is 0 Å². The molecule has 0 aliphatic heterocycles. The zero-order valence-corrected chi connectivity index (χ0v) is 17.8. The van der Waals surface area contributed by atoms with Crippen LogP contribution in [0.2, 0.25) is 0 Å². The number of nitrogens with one attached hydrogen (secondary N) is 2. The van der Waals surface area contributed by atoms with Crippen molar-refractivity contribution in [3.05, 3.63) is 83.2 Å². The number of benzene rings is 2. The number of rotatable bonds is 6. The molecule has 32 heavy (non-hydrogen) atoms. The molecular weight excluding hydrogens is 440 g/mol. The van der Waals surface area contributed by atoms with Crippen molar-refractivity contribution in [1.82, 2.24) is 9.97 Å². The van der Waals surface area contributed by atoms with Gasteiger partial charge in [-0.1, -0.05) is 12.1 Å². The van der Waals surface area contributed by atoms with E-state index in [1.807, 2.05) is 0 Å². The summed E-state index contributed by atoms with van der Waals surface area (Å²) in [5.41, 5.74) is -0.467. The Labute approximate surface area is 182 Å². The fourth-order valence-corrected chi connectivity index (χ4v) is 4.41. The molecule has 0 fully saturated rings. The van der Waals surface area contributed by atoms with Gasteiger partial charge in [0.2, 0.25) is 5.78 Å². The van der Waals surface area contributed by atoms with E-state index in [-0.39, 0.29) is 10.5 Å². The highest BCUT2D eigenvalue weighted by molar-refractivity contribution is 7.92. The van der Waals surface area contributed by atoms with Crippen LogP contribution < -0.4 is 9.46 Å². The minimum atomic E-state index is -4.17. The molecule has 0 bridgehead atoms. The number of ketones is 1.